The van der Waals surface area contributed by atoms with Gasteiger partial charge in [0.1, 0.15) is 6.10 Å². The number of amides is 1. The number of benzene rings is 2. The van der Waals surface area contributed by atoms with Gasteiger partial charge in [0.2, 0.25) is 0 Å². The normalized spacial score (nSPS) is 33.0. The molecule has 43 heavy (non-hydrogen) atoms. The predicted molar refractivity (Wildman–Crippen MR) is 167 cm³/mol. The first-order valence-electron chi connectivity index (χ1n) is 16.4. The van der Waals surface area contributed by atoms with Gasteiger partial charge in [0.25, 0.3) is 5.91 Å². The number of phenolic OH excluding ortho intramolecular Hbond substituents is 1. The number of halogens is 1. The van der Waals surface area contributed by atoms with E-state index in [1.807, 2.05) is 18.2 Å². The number of nitrogens with zero attached hydrogens (tertiary/aromatic N) is 1. The summed E-state index contributed by atoms with van der Waals surface area (Å²) in [6.45, 7) is 1.96. The Labute approximate surface area is 258 Å². The van der Waals surface area contributed by atoms with Crippen LogP contribution < -0.4 is 10.1 Å². The second kappa shape index (κ2) is 9.88. The first-order valence-corrected chi connectivity index (χ1v) is 16.4. The Bertz CT molecular complexity index is 1600. The summed E-state index contributed by atoms with van der Waals surface area (Å²) in [6.07, 6.45) is 13.4. The van der Waals surface area contributed by atoms with Gasteiger partial charge in [0.15, 0.2) is 11.5 Å². The van der Waals surface area contributed by atoms with Crippen molar-refractivity contribution in [3.63, 3.8) is 0 Å². The highest BCUT2D eigenvalue weighted by molar-refractivity contribution is 6.06. The minimum Gasteiger partial charge on any atom is -0.504 e. The Morgan fingerprint density at radius 1 is 1.07 bits per heavy atom. The third-order valence-corrected chi connectivity index (χ3v) is 12.1. The van der Waals surface area contributed by atoms with Gasteiger partial charge in [-0.3, -0.25) is 9.69 Å². The Morgan fingerprint density at radius 3 is 2.72 bits per heavy atom. The second-order valence-corrected chi connectivity index (χ2v) is 14.2. The Hall–Kier alpha value is -2.74. The highest BCUT2D eigenvalue weighted by Gasteiger charge is 2.73. The van der Waals surface area contributed by atoms with Crippen molar-refractivity contribution < 1.29 is 19.7 Å². The van der Waals surface area contributed by atoms with Crippen LogP contribution in [0.15, 0.2) is 36.5 Å². The number of fused-ring (bicyclic) bond motifs is 1. The van der Waals surface area contributed by atoms with Crippen LogP contribution in [0.2, 0.25) is 0 Å². The van der Waals surface area contributed by atoms with Gasteiger partial charge >= 0.3 is 0 Å². The third kappa shape index (κ3) is 3.83. The Morgan fingerprint density at radius 2 is 1.91 bits per heavy atom. The summed E-state index contributed by atoms with van der Waals surface area (Å²) in [5.74, 6) is 1.86. The number of hydrogen-bond donors (Lipinski definition) is 4. The maximum atomic E-state index is 14.0. The number of aromatic hydroxyl groups is 1. The standard InChI is InChI=1S/C35H41N3O4.ClH/c39-27-12-11-22-17-28-35(41)14-13-26(32-34(35,29(22)31(27)42-32)15-16-38(28)19-20-9-10-20)37-33(40)24-8-4-7-23-25(18-36-30(23)24)21-5-2-1-3-6-21;/h4,7-8,11-12,18,20-21,26,28,32,36,39,41H,1-3,5-6,9-10,13-17,19H2,(H,37,40);1H/t26-,28-,32+,34+,35-;/m1./s1. The SMILES string of the molecule is Cl.O=C(N[C@@H]1CC[C@@]2(O)[C@H]3Cc4ccc(O)c5c4[C@@]2(CCN3CC2CC2)[C@H]1O5)c1cccc2c(C3CCCCC3)c[nH]c12. The van der Waals surface area contributed by atoms with Gasteiger partial charge in [-0.05, 0) is 93.0 Å². The van der Waals surface area contributed by atoms with E-state index in [1.165, 1.54) is 56.1 Å². The van der Waals surface area contributed by atoms with Gasteiger partial charge < -0.3 is 25.3 Å². The average Bonchev–Trinajstić information content (AvgIpc) is 3.59. The largest absolute Gasteiger partial charge is 0.504 e. The fourth-order valence-electron chi connectivity index (χ4n) is 9.99. The van der Waals surface area contributed by atoms with Crippen LogP contribution in [0, 0.1) is 5.92 Å². The van der Waals surface area contributed by atoms with Crippen molar-refractivity contribution in [3.05, 3.63) is 58.8 Å². The fraction of sp³-hybridized carbons (Fsp3) is 0.571. The van der Waals surface area contributed by atoms with Crippen LogP contribution in [0.25, 0.3) is 10.9 Å². The van der Waals surface area contributed by atoms with Crippen LogP contribution in [0.5, 0.6) is 11.5 Å². The number of aliphatic hydroxyl groups is 1. The van der Waals surface area contributed by atoms with E-state index in [0.717, 1.165) is 48.3 Å². The maximum Gasteiger partial charge on any atom is 0.253 e. The molecular weight excluding hydrogens is 562 g/mol. The fourth-order valence-corrected chi connectivity index (χ4v) is 9.99. The summed E-state index contributed by atoms with van der Waals surface area (Å²) in [7, 11) is 0. The summed E-state index contributed by atoms with van der Waals surface area (Å²) in [6, 6.07) is 9.60. The number of phenols is 1. The number of ether oxygens (including phenoxy) is 1. The maximum absolute atomic E-state index is 14.0. The minimum absolute atomic E-state index is 0. The first kappa shape index (κ1) is 27.8. The van der Waals surface area contributed by atoms with E-state index < -0.39 is 17.1 Å². The number of carbonyl (C=O) groups excluding carboxylic acids is 1. The van der Waals surface area contributed by atoms with E-state index in [0.29, 0.717) is 30.1 Å². The average molecular weight is 604 g/mol. The number of likely N-dealkylation sites (tertiary alicyclic amines) is 1. The van der Waals surface area contributed by atoms with Crippen LogP contribution in [0.3, 0.4) is 0 Å². The second-order valence-electron chi connectivity index (χ2n) is 14.2. The van der Waals surface area contributed by atoms with Crippen molar-refractivity contribution >= 4 is 29.2 Å². The topological polar surface area (TPSA) is 97.8 Å². The van der Waals surface area contributed by atoms with Crippen LogP contribution in [-0.4, -0.2) is 62.9 Å². The molecule has 7 nitrogen and oxygen atoms in total. The molecule has 228 valence electrons. The van der Waals surface area contributed by atoms with Gasteiger partial charge in [-0.25, -0.2) is 0 Å². The predicted octanol–water partition coefficient (Wildman–Crippen LogP) is 5.71. The van der Waals surface area contributed by atoms with E-state index >= 15 is 0 Å². The molecule has 0 radical (unpaired) electrons. The molecule has 4 fully saturated rings. The van der Waals surface area contributed by atoms with Crippen molar-refractivity contribution in [2.75, 3.05) is 13.1 Å². The molecule has 3 saturated carbocycles. The van der Waals surface area contributed by atoms with Gasteiger partial charge in [-0.15, -0.1) is 12.4 Å². The molecule has 2 aliphatic heterocycles. The number of carbonyl (C=O) groups is 1. The van der Waals surface area contributed by atoms with Crippen LogP contribution in [0.4, 0.5) is 0 Å². The van der Waals surface area contributed by atoms with Gasteiger partial charge in [-0.1, -0.05) is 37.5 Å². The molecule has 2 bridgehead atoms. The molecule has 1 saturated heterocycles. The Kier molecular flexibility index (Phi) is 6.39. The van der Waals surface area contributed by atoms with Crippen LogP contribution in [-0.2, 0) is 11.8 Å². The lowest BCUT2D eigenvalue weighted by Crippen LogP contribution is -2.78. The van der Waals surface area contributed by atoms with Crippen molar-refractivity contribution in [2.24, 2.45) is 5.92 Å². The molecule has 4 aliphatic carbocycles. The lowest BCUT2D eigenvalue weighted by atomic mass is 9.48. The van der Waals surface area contributed by atoms with E-state index in [2.05, 4.69) is 27.5 Å². The third-order valence-electron chi connectivity index (χ3n) is 12.1. The number of H-pyrrole nitrogens is 1. The van der Waals surface area contributed by atoms with Gasteiger partial charge in [0, 0.05) is 29.7 Å². The number of rotatable bonds is 5. The zero-order valence-electron chi connectivity index (χ0n) is 24.6. The number of para-hydroxylation sites is 1. The van der Waals surface area contributed by atoms with E-state index in [4.69, 9.17) is 4.74 Å². The van der Waals surface area contributed by atoms with E-state index in [9.17, 15) is 15.0 Å². The van der Waals surface area contributed by atoms with Crippen molar-refractivity contribution in [3.8, 4) is 11.5 Å². The van der Waals surface area contributed by atoms with Crippen molar-refractivity contribution in [1.29, 1.82) is 0 Å². The zero-order chi connectivity index (χ0) is 28.2. The molecule has 6 aliphatic rings. The summed E-state index contributed by atoms with van der Waals surface area (Å²) in [5.41, 5.74) is 3.49. The van der Waals surface area contributed by atoms with Crippen LogP contribution >= 0.6 is 12.4 Å². The Balaban J connectivity index is 0.00000278. The number of hydrogen-bond acceptors (Lipinski definition) is 5. The van der Waals surface area contributed by atoms with E-state index in [-0.39, 0.29) is 36.1 Å². The molecule has 3 heterocycles. The molecule has 8 heteroatoms. The molecule has 5 atom stereocenters. The number of nitrogens with one attached hydrogen (secondary N) is 2. The molecule has 9 rings (SSSR count). The highest BCUT2D eigenvalue weighted by Crippen LogP contribution is 2.65. The summed E-state index contributed by atoms with van der Waals surface area (Å²) in [4.78, 5) is 20.0. The smallest absolute Gasteiger partial charge is 0.253 e. The number of aromatic nitrogens is 1. The van der Waals surface area contributed by atoms with Crippen molar-refractivity contribution in [1.82, 2.24) is 15.2 Å². The summed E-state index contributed by atoms with van der Waals surface area (Å²) < 4.78 is 6.67. The molecular formula is C35H42ClN3O4. The zero-order valence-corrected chi connectivity index (χ0v) is 25.4. The van der Waals surface area contributed by atoms with E-state index in [1.54, 1.807) is 6.07 Å². The molecule has 3 aromatic rings. The number of piperidine rings is 1. The summed E-state index contributed by atoms with van der Waals surface area (Å²) >= 11 is 0. The van der Waals surface area contributed by atoms with Crippen molar-refractivity contribution in [2.45, 2.75) is 106 Å². The molecule has 4 N–H and O–H groups in total. The summed E-state index contributed by atoms with van der Waals surface area (Å²) in [5, 5.41) is 28.2. The quantitative estimate of drug-likeness (QED) is 0.300. The van der Waals surface area contributed by atoms with Gasteiger partial charge in [-0.2, -0.15) is 0 Å². The lowest BCUT2D eigenvalue weighted by Gasteiger charge is -2.64. The molecule has 1 aromatic heterocycles. The van der Waals surface area contributed by atoms with Gasteiger partial charge in [0.05, 0.1) is 28.1 Å². The molecule has 1 spiro atoms. The lowest BCUT2D eigenvalue weighted by molar-refractivity contribution is -0.191. The van der Waals surface area contributed by atoms with Crippen LogP contribution in [0.1, 0.15) is 97.2 Å². The molecule has 1 amide bonds. The highest BCUT2D eigenvalue weighted by atomic mass is 35.5. The molecule has 2 aromatic carbocycles. The molecule has 0 unspecified atom stereocenters. The number of aromatic amines is 1. The first-order chi connectivity index (χ1) is 20.5. The minimum atomic E-state index is -0.952. The monoisotopic (exact) mass is 603 g/mol.